The Balaban J connectivity index is 1.71. The number of halogens is 5. The van der Waals surface area contributed by atoms with Crippen molar-refractivity contribution in [3.05, 3.63) is 56.8 Å². The van der Waals surface area contributed by atoms with E-state index in [4.69, 9.17) is 23.2 Å². The van der Waals surface area contributed by atoms with Gasteiger partial charge in [-0.1, -0.05) is 48.5 Å². The number of fused-ring (bicyclic) bond motifs is 1. The standard InChI is InChI=1S/C22H23Cl2F3N4O/c1-12-19(21(32)28-11-13-5-3-2-4-6-13)20(14-7-8-15(23)16(24)9-14)31-18(29-12)10-17(30-31)22(25,26)27/h7-10,13,20,29H,2-6,11H2,1H3,(H,28,32). The van der Waals surface area contributed by atoms with Gasteiger partial charge in [0.15, 0.2) is 5.69 Å². The molecule has 4 rings (SSSR count). The van der Waals surface area contributed by atoms with Crippen LogP contribution in [-0.2, 0) is 11.0 Å². The number of nitrogens with one attached hydrogen (secondary N) is 2. The third-order valence-electron chi connectivity index (χ3n) is 6.04. The van der Waals surface area contributed by atoms with Gasteiger partial charge in [-0.2, -0.15) is 18.3 Å². The van der Waals surface area contributed by atoms with Crippen molar-refractivity contribution >= 4 is 34.9 Å². The molecule has 0 spiro atoms. The molecule has 1 aliphatic carbocycles. The summed E-state index contributed by atoms with van der Waals surface area (Å²) in [6, 6.07) is 4.81. The van der Waals surface area contributed by atoms with Crippen LogP contribution in [0, 0.1) is 5.92 Å². The Morgan fingerprint density at radius 1 is 1.19 bits per heavy atom. The monoisotopic (exact) mass is 486 g/mol. The Bertz CT molecular complexity index is 1060. The largest absolute Gasteiger partial charge is 0.435 e. The molecule has 1 saturated carbocycles. The van der Waals surface area contributed by atoms with Crippen molar-refractivity contribution in [3.63, 3.8) is 0 Å². The zero-order chi connectivity index (χ0) is 23.0. The lowest BCUT2D eigenvalue weighted by molar-refractivity contribution is -0.141. The number of anilines is 1. The lowest BCUT2D eigenvalue weighted by Crippen LogP contribution is -2.37. The van der Waals surface area contributed by atoms with Gasteiger partial charge in [-0.3, -0.25) is 4.79 Å². The number of carbonyl (C=O) groups excluding carboxylic acids is 1. The molecule has 1 aromatic heterocycles. The molecule has 2 aliphatic rings. The van der Waals surface area contributed by atoms with Crippen molar-refractivity contribution in [1.82, 2.24) is 15.1 Å². The normalized spacial score (nSPS) is 19.5. The number of carbonyl (C=O) groups is 1. The molecular weight excluding hydrogens is 464 g/mol. The molecule has 0 bridgehead atoms. The van der Waals surface area contributed by atoms with Crippen molar-refractivity contribution in [1.29, 1.82) is 0 Å². The van der Waals surface area contributed by atoms with Crippen LogP contribution < -0.4 is 10.6 Å². The minimum atomic E-state index is -4.62. The fourth-order valence-corrected chi connectivity index (χ4v) is 4.72. The lowest BCUT2D eigenvalue weighted by Gasteiger charge is -2.30. The molecule has 172 valence electrons. The number of hydrogen-bond acceptors (Lipinski definition) is 3. The van der Waals surface area contributed by atoms with Crippen LogP contribution in [0.2, 0.25) is 10.0 Å². The molecule has 2 aromatic rings. The summed E-state index contributed by atoms with van der Waals surface area (Å²) in [6.45, 7) is 2.20. The minimum absolute atomic E-state index is 0.148. The Morgan fingerprint density at radius 2 is 1.91 bits per heavy atom. The van der Waals surface area contributed by atoms with E-state index in [1.165, 1.54) is 11.1 Å². The van der Waals surface area contributed by atoms with Crippen LogP contribution in [0.1, 0.15) is 56.3 Å². The summed E-state index contributed by atoms with van der Waals surface area (Å²) in [5.74, 6) is 0.215. The predicted octanol–water partition coefficient (Wildman–Crippen LogP) is 6.19. The summed E-state index contributed by atoms with van der Waals surface area (Å²) in [6.07, 6.45) is 1.00. The molecule has 2 N–H and O–H groups in total. The third kappa shape index (κ3) is 4.62. The molecule has 0 radical (unpaired) electrons. The lowest BCUT2D eigenvalue weighted by atomic mass is 9.89. The quantitative estimate of drug-likeness (QED) is 0.541. The highest BCUT2D eigenvalue weighted by Crippen LogP contribution is 2.40. The SMILES string of the molecule is CC1=C(C(=O)NCC2CCCCC2)C(c2ccc(Cl)c(Cl)c2)n2nc(C(F)(F)F)cc2N1. The van der Waals surface area contributed by atoms with E-state index in [1.54, 1.807) is 25.1 Å². The maximum atomic E-state index is 13.4. The highest BCUT2D eigenvalue weighted by molar-refractivity contribution is 6.42. The predicted molar refractivity (Wildman–Crippen MR) is 118 cm³/mol. The number of hydrogen-bond donors (Lipinski definition) is 2. The van der Waals surface area contributed by atoms with Gasteiger partial charge in [-0.15, -0.1) is 0 Å². The van der Waals surface area contributed by atoms with Gasteiger partial charge in [0.25, 0.3) is 5.91 Å². The van der Waals surface area contributed by atoms with Gasteiger partial charge in [0.1, 0.15) is 11.9 Å². The molecule has 32 heavy (non-hydrogen) atoms. The summed E-state index contributed by atoms with van der Waals surface area (Å²) < 4.78 is 41.3. The number of alkyl halides is 3. The van der Waals surface area contributed by atoms with Crippen molar-refractivity contribution in [2.45, 2.75) is 51.2 Å². The molecule has 1 amide bonds. The molecule has 1 atom stereocenters. The Labute approximate surface area is 194 Å². The summed E-state index contributed by atoms with van der Waals surface area (Å²) in [7, 11) is 0. The van der Waals surface area contributed by atoms with Crippen LogP contribution in [0.25, 0.3) is 0 Å². The second-order valence-corrected chi connectivity index (χ2v) is 9.13. The van der Waals surface area contributed by atoms with Gasteiger partial charge in [-0.05, 0) is 43.4 Å². The maximum Gasteiger partial charge on any atom is 0.435 e. The van der Waals surface area contributed by atoms with E-state index in [0.29, 0.717) is 34.3 Å². The molecular formula is C22H23Cl2F3N4O. The van der Waals surface area contributed by atoms with Crippen LogP contribution in [0.3, 0.4) is 0 Å². The van der Waals surface area contributed by atoms with Crippen molar-refractivity contribution in [3.8, 4) is 0 Å². The van der Waals surface area contributed by atoms with Gasteiger partial charge < -0.3 is 10.6 Å². The number of rotatable bonds is 4. The first-order valence-corrected chi connectivity index (χ1v) is 11.3. The molecule has 1 aliphatic heterocycles. The fourth-order valence-electron chi connectivity index (χ4n) is 4.42. The summed E-state index contributed by atoms with van der Waals surface area (Å²) in [5.41, 5.74) is 0.231. The van der Waals surface area contributed by atoms with Crippen LogP contribution in [-0.4, -0.2) is 22.2 Å². The van der Waals surface area contributed by atoms with E-state index >= 15 is 0 Å². The highest BCUT2D eigenvalue weighted by Gasteiger charge is 2.39. The zero-order valence-electron chi connectivity index (χ0n) is 17.4. The van der Waals surface area contributed by atoms with E-state index in [2.05, 4.69) is 15.7 Å². The first-order valence-electron chi connectivity index (χ1n) is 10.5. The van der Waals surface area contributed by atoms with Crippen LogP contribution in [0.4, 0.5) is 19.0 Å². The molecule has 0 saturated heterocycles. The van der Waals surface area contributed by atoms with Gasteiger partial charge >= 0.3 is 6.18 Å². The maximum absolute atomic E-state index is 13.4. The highest BCUT2D eigenvalue weighted by atomic mass is 35.5. The molecule has 1 unspecified atom stereocenters. The van der Waals surface area contributed by atoms with E-state index < -0.39 is 17.9 Å². The fraction of sp³-hybridized carbons (Fsp3) is 0.455. The van der Waals surface area contributed by atoms with Gasteiger partial charge in [0, 0.05) is 18.3 Å². The Hall–Kier alpha value is -2.19. The molecule has 10 heteroatoms. The van der Waals surface area contributed by atoms with Crippen molar-refractivity contribution < 1.29 is 18.0 Å². The van der Waals surface area contributed by atoms with E-state index in [1.807, 2.05) is 0 Å². The average molecular weight is 487 g/mol. The number of allylic oxidation sites excluding steroid dienone is 1. The average Bonchev–Trinajstić information content (AvgIpc) is 3.18. The number of aromatic nitrogens is 2. The summed E-state index contributed by atoms with van der Waals surface area (Å²) in [4.78, 5) is 13.3. The van der Waals surface area contributed by atoms with Gasteiger partial charge in [0.2, 0.25) is 0 Å². The minimum Gasteiger partial charge on any atom is -0.352 e. The first-order chi connectivity index (χ1) is 15.1. The van der Waals surface area contributed by atoms with Gasteiger partial charge in [-0.25, -0.2) is 4.68 Å². The van der Waals surface area contributed by atoms with E-state index in [9.17, 15) is 18.0 Å². The Morgan fingerprint density at radius 3 is 2.56 bits per heavy atom. The molecule has 5 nitrogen and oxygen atoms in total. The summed E-state index contributed by atoms with van der Waals surface area (Å²) >= 11 is 12.2. The van der Waals surface area contributed by atoms with Crippen LogP contribution >= 0.6 is 23.2 Å². The van der Waals surface area contributed by atoms with E-state index in [-0.39, 0.29) is 16.7 Å². The molecule has 1 aromatic carbocycles. The Kier molecular flexibility index (Phi) is 6.45. The summed E-state index contributed by atoms with van der Waals surface area (Å²) in [5, 5.41) is 10.2. The van der Waals surface area contributed by atoms with Crippen LogP contribution in [0.15, 0.2) is 35.5 Å². The first kappa shape index (κ1) is 23.0. The van der Waals surface area contributed by atoms with Gasteiger partial charge in [0.05, 0.1) is 15.6 Å². The van der Waals surface area contributed by atoms with E-state index in [0.717, 1.165) is 31.7 Å². The van der Waals surface area contributed by atoms with Crippen molar-refractivity contribution in [2.75, 3.05) is 11.9 Å². The topological polar surface area (TPSA) is 59.0 Å². The molecule has 1 fully saturated rings. The smallest absolute Gasteiger partial charge is 0.352 e. The second-order valence-electron chi connectivity index (χ2n) is 8.31. The number of nitrogens with zero attached hydrogens (tertiary/aromatic N) is 2. The third-order valence-corrected chi connectivity index (χ3v) is 6.78. The zero-order valence-corrected chi connectivity index (χ0v) is 18.9. The molecule has 2 heterocycles. The van der Waals surface area contributed by atoms with Crippen molar-refractivity contribution in [2.24, 2.45) is 5.92 Å². The number of benzene rings is 1. The second kappa shape index (κ2) is 8.98. The van der Waals surface area contributed by atoms with Crippen LogP contribution in [0.5, 0.6) is 0 Å². The number of amides is 1.